The van der Waals surface area contributed by atoms with Gasteiger partial charge in [-0.3, -0.25) is 4.79 Å². The van der Waals surface area contributed by atoms with Gasteiger partial charge < -0.3 is 10.2 Å². The minimum absolute atomic E-state index is 0.147. The van der Waals surface area contributed by atoms with Crippen molar-refractivity contribution in [2.75, 3.05) is 24.3 Å². The maximum atomic E-state index is 14.3. The van der Waals surface area contributed by atoms with E-state index in [1.54, 1.807) is 12.3 Å². The summed E-state index contributed by atoms with van der Waals surface area (Å²) >= 11 is 1.50. The molecule has 0 radical (unpaired) electrons. The summed E-state index contributed by atoms with van der Waals surface area (Å²) in [4.78, 5) is 29.9. The van der Waals surface area contributed by atoms with Crippen LogP contribution in [0.1, 0.15) is 59.2 Å². The fourth-order valence-corrected chi connectivity index (χ4v) is 7.10. The van der Waals surface area contributed by atoms with Crippen molar-refractivity contribution in [1.82, 2.24) is 15.0 Å². The summed E-state index contributed by atoms with van der Waals surface area (Å²) in [6.45, 7) is 2.17. The third-order valence-corrected chi connectivity index (χ3v) is 9.77. The number of carbonyl (C=O) groups is 1. The summed E-state index contributed by atoms with van der Waals surface area (Å²) in [5.41, 5.74) is 5.89. The number of aromatic nitrogens is 3. The first-order valence-corrected chi connectivity index (χ1v) is 16.5. The van der Waals surface area contributed by atoms with Crippen LogP contribution in [0.3, 0.4) is 0 Å². The number of nitrogens with one attached hydrogen (secondary N) is 1. The Labute approximate surface area is 272 Å². The van der Waals surface area contributed by atoms with Crippen LogP contribution in [0.2, 0.25) is 0 Å². The zero-order valence-corrected chi connectivity index (χ0v) is 27.1. The third kappa shape index (κ3) is 7.15. The van der Waals surface area contributed by atoms with Crippen molar-refractivity contribution in [2.24, 2.45) is 5.92 Å². The number of hydrogen-bond acceptors (Lipinski definition) is 7. The Morgan fingerprint density at radius 3 is 2.46 bits per heavy atom. The van der Waals surface area contributed by atoms with E-state index in [1.807, 2.05) is 43.3 Å². The second-order valence-corrected chi connectivity index (χ2v) is 13.2. The Kier molecular flexibility index (Phi) is 9.49. The van der Waals surface area contributed by atoms with E-state index in [0.29, 0.717) is 22.9 Å². The van der Waals surface area contributed by atoms with Crippen molar-refractivity contribution < 1.29 is 13.6 Å². The molecule has 5 aromatic rings. The topological polar surface area (TPSA) is 71.0 Å². The average Bonchev–Trinajstić information content (AvgIpc) is 3.50. The molecule has 9 heteroatoms. The Morgan fingerprint density at radius 2 is 1.72 bits per heavy atom. The highest BCUT2D eigenvalue weighted by molar-refractivity contribution is 7.19. The minimum Gasteiger partial charge on any atom is -0.354 e. The van der Waals surface area contributed by atoms with E-state index < -0.39 is 23.0 Å². The SMILES string of the molecule is Cc1cc(Nc2nccc(-c3sc(N(C)C)nc3-c3cccc(CC(=O)c4c(F)cccc4F)c3)n2)ccc1CC1CCCCC1. The summed E-state index contributed by atoms with van der Waals surface area (Å²) in [5, 5.41) is 4.17. The summed E-state index contributed by atoms with van der Waals surface area (Å²) in [6, 6.07) is 19.1. The molecule has 0 bridgehead atoms. The lowest BCUT2D eigenvalue weighted by molar-refractivity contribution is 0.0985. The van der Waals surface area contributed by atoms with Gasteiger partial charge in [-0.25, -0.2) is 23.7 Å². The predicted molar refractivity (Wildman–Crippen MR) is 182 cm³/mol. The van der Waals surface area contributed by atoms with Crippen molar-refractivity contribution in [1.29, 1.82) is 0 Å². The van der Waals surface area contributed by atoms with Gasteiger partial charge >= 0.3 is 0 Å². The molecule has 0 unspecified atom stereocenters. The molecule has 0 aliphatic heterocycles. The largest absolute Gasteiger partial charge is 0.354 e. The molecule has 1 saturated carbocycles. The number of Topliss-reactive ketones (excluding diaryl/α,β-unsaturated/α-hetero) is 1. The van der Waals surface area contributed by atoms with Gasteiger partial charge in [0.05, 0.1) is 21.8 Å². The molecule has 0 saturated heterocycles. The predicted octanol–water partition coefficient (Wildman–Crippen LogP) is 9.21. The van der Waals surface area contributed by atoms with Gasteiger partial charge in [0, 0.05) is 38.0 Å². The Morgan fingerprint density at radius 1 is 0.957 bits per heavy atom. The molecule has 0 spiro atoms. The lowest BCUT2D eigenvalue weighted by Crippen LogP contribution is -2.10. The van der Waals surface area contributed by atoms with Crippen LogP contribution in [-0.4, -0.2) is 34.8 Å². The summed E-state index contributed by atoms with van der Waals surface area (Å²) < 4.78 is 28.5. The van der Waals surface area contributed by atoms with E-state index in [4.69, 9.17) is 9.97 Å². The maximum Gasteiger partial charge on any atom is 0.227 e. The highest BCUT2D eigenvalue weighted by Gasteiger charge is 2.21. The van der Waals surface area contributed by atoms with Crippen LogP contribution in [0.25, 0.3) is 21.8 Å². The van der Waals surface area contributed by atoms with E-state index in [1.165, 1.54) is 60.6 Å². The second-order valence-electron chi connectivity index (χ2n) is 12.2. The number of rotatable bonds is 10. The van der Waals surface area contributed by atoms with E-state index in [2.05, 4.69) is 35.4 Å². The number of ketones is 1. The van der Waals surface area contributed by atoms with E-state index in [0.717, 1.165) is 45.7 Å². The summed E-state index contributed by atoms with van der Waals surface area (Å²) in [7, 11) is 3.86. The monoisotopic (exact) mass is 637 g/mol. The van der Waals surface area contributed by atoms with Crippen LogP contribution in [0.4, 0.5) is 25.5 Å². The smallest absolute Gasteiger partial charge is 0.227 e. The Balaban J connectivity index is 1.25. The molecule has 3 aromatic carbocycles. The Bertz CT molecular complexity index is 1840. The molecular weight excluding hydrogens is 601 g/mol. The van der Waals surface area contributed by atoms with Crippen LogP contribution in [0.15, 0.2) is 72.9 Å². The van der Waals surface area contributed by atoms with Gasteiger partial charge in [-0.1, -0.05) is 73.8 Å². The van der Waals surface area contributed by atoms with Crippen LogP contribution >= 0.6 is 11.3 Å². The number of carbonyl (C=O) groups excluding carboxylic acids is 1. The highest BCUT2D eigenvalue weighted by atomic mass is 32.1. The van der Waals surface area contributed by atoms with E-state index in [-0.39, 0.29) is 6.42 Å². The number of anilines is 3. The minimum atomic E-state index is -0.864. The molecule has 1 fully saturated rings. The van der Waals surface area contributed by atoms with Gasteiger partial charge in [-0.05, 0) is 72.4 Å². The van der Waals surface area contributed by atoms with Crippen molar-refractivity contribution in [2.45, 2.75) is 51.9 Å². The van der Waals surface area contributed by atoms with Crippen molar-refractivity contribution in [3.05, 3.63) is 107 Å². The van der Waals surface area contributed by atoms with Gasteiger partial charge in [-0.2, -0.15) is 0 Å². The number of aryl methyl sites for hydroxylation is 1. The first-order valence-electron chi connectivity index (χ1n) is 15.7. The second kappa shape index (κ2) is 13.9. The highest BCUT2D eigenvalue weighted by Crippen LogP contribution is 2.40. The molecule has 46 heavy (non-hydrogen) atoms. The standard InChI is InChI=1S/C37H37F2N5OS/c1-23-19-28(16-15-26(23)20-24-9-5-4-6-10-24)41-36-40-18-17-31(42-36)35-34(43-37(46-35)44(2)3)27-12-7-11-25(21-27)22-32(45)33-29(38)13-8-14-30(33)39/h7-8,11-19,21,24H,4-6,9-10,20,22H2,1-3H3,(H,40,41,42). The molecule has 1 aliphatic rings. The number of halogens is 2. The molecule has 1 N–H and O–H groups in total. The molecule has 236 valence electrons. The molecule has 6 rings (SSSR count). The zero-order chi connectivity index (χ0) is 32.2. The molecule has 2 heterocycles. The van der Waals surface area contributed by atoms with Gasteiger partial charge in [0.1, 0.15) is 11.6 Å². The Hall–Kier alpha value is -4.50. The van der Waals surface area contributed by atoms with Crippen LogP contribution in [0, 0.1) is 24.5 Å². The van der Waals surface area contributed by atoms with Gasteiger partial charge in [0.15, 0.2) is 10.9 Å². The van der Waals surface area contributed by atoms with Gasteiger partial charge in [0.2, 0.25) is 5.95 Å². The van der Waals surface area contributed by atoms with Crippen LogP contribution in [0.5, 0.6) is 0 Å². The molecular formula is C37H37F2N5OS. The average molecular weight is 638 g/mol. The first-order chi connectivity index (χ1) is 22.2. The van der Waals surface area contributed by atoms with Crippen molar-refractivity contribution in [3.63, 3.8) is 0 Å². The molecule has 0 atom stereocenters. The maximum absolute atomic E-state index is 14.3. The fraction of sp³-hybridized carbons (Fsp3) is 0.297. The molecule has 0 amide bonds. The number of nitrogens with zero attached hydrogens (tertiary/aromatic N) is 4. The normalized spacial score (nSPS) is 13.5. The molecule has 1 aliphatic carbocycles. The van der Waals surface area contributed by atoms with Crippen LogP contribution < -0.4 is 10.2 Å². The summed E-state index contributed by atoms with van der Waals surface area (Å²) in [6.07, 6.45) is 9.42. The van der Waals surface area contributed by atoms with E-state index in [9.17, 15) is 13.6 Å². The van der Waals surface area contributed by atoms with Gasteiger partial charge in [0.25, 0.3) is 0 Å². The van der Waals surface area contributed by atoms with Crippen molar-refractivity contribution >= 4 is 33.9 Å². The third-order valence-electron chi connectivity index (χ3n) is 8.53. The quantitative estimate of drug-likeness (QED) is 0.154. The summed E-state index contributed by atoms with van der Waals surface area (Å²) in [5.74, 6) is -1.09. The lowest BCUT2D eigenvalue weighted by Gasteiger charge is -2.22. The zero-order valence-electron chi connectivity index (χ0n) is 26.3. The number of thiazole rings is 1. The molecule has 6 nitrogen and oxygen atoms in total. The fourth-order valence-electron chi connectivity index (χ4n) is 6.12. The number of hydrogen-bond donors (Lipinski definition) is 1. The van der Waals surface area contributed by atoms with E-state index >= 15 is 0 Å². The lowest BCUT2D eigenvalue weighted by atomic mass is 9.84. The van der Waals surface area contributed by atoms with Gasteiger partial charge in [-0.15, -0.1) is 0 Å². The first kappa shape index (κ1) is 31.5. The van der Waals surface area contributed by atoms with Crippen LogP contribution in [-0.2, 0) is 12.8 Å². The number of benzene rings is 3. The van der Waals surface area contributed by atoms with Crippen molar-refractivity contribution in [3.8, 4) is 21.8 Å². The molecule has 2 aromatic heterocycles.